The average Bonchev–Trinajstić information content (AvgIpc) is 2.57. The van der Waals surface area contributed by atoms with E-state index in [1.807, 2.05) is 18.7 Å². The van der Waals surface area contributed by atoms with Gasteiger partial charge in [0.25, 0.3) is 0 Å². The van der Waals surface area contributed by atoms with Crippen LogP contribution in [0.5, 0.6) is 0 Å². The van der Waals surface area contributed by atoms with Crippen molar-refractivity contribution in [1.82, 2.24) is 9.55 Å². The van der Waals surface area contributed by atoms with Gasteiger partial charge in [-0.05, 0) is 19.4 Å². The van der Waals surface area contributed by atoms with Gasteiger partial charge in [-0.1, -0.05) is 12.8 Å². The second-order valence-electron chi connectivity index (χ2n) is 3.00. The summed E-state index contributed by atoms with van der Waals surface area (Å²) in [6.07, 6.45) is 10.6. The molecule has 1 rings (SSSR count). The molecule has 0 amide bonds. The van der Waals surface area contributed by atoms with Gasteiger partial charge in [0.15, 0.2) is 0 Å². The predicted octanol–water partition coefficient (Wildman–Crippen LogP) is 1.82. The highest BCUT2D eigenvalue weighted by Crippen LogP contribution is 2.00. The van der Waals surface area contributed by atoms with Crippen LogP contribution in [0.1, 0.15) is 25.7 Å². The highest BCUT2D eigenvalue weighted by molar-refractivity contribution is 5.85. The summed E-state index contributed by atoms with van der Waals surface area (Å²) in [6, 6.07) is 0. The van der Waals surface area contributed by atoms with Gasteiger partial charge in [-0.2, -0.15) is 0 Å². The molecule has 0 fully saturated rings. The molecule has 0 aliphatic heterocycles. The Hall–Kier alpha value is -0.540. The van der Waals surface area contributed by atoms with E-state index in [1.165, 1.54) is 19.3 Å². The highest BCUT2D eigenvalue weighted by Gasteiger charge is 1.90. The van der Waals surface area contributed by atoms with Gasteiger partial charge in [0, 0.05) is 18.9 Å². The standard InChI is InChI=1S/C9H17N3.ClH/c10-5-3-1-2-4-7-12-8-6-11-9-12;/h6,8-9H,1-5,7,10H2;1H. The minimum Gasteiger partial charge on any atom is -0.337 e. The highest BCUT2D eigenvalue weighted by atomic mass is 35.5. The zero-order chi connectivity index (χ0) is 8.65. The van der Waals surface area contributed by atoms with Gasteiger partial charge in [0.05, 0.1) is 6.33 Å². The van der Waals surface area contributed by atoms with Gasteiger partial charge in [0.1, 0.15) is 0 Å². The van der Waals surface area contributed by atoms with Crippen LogP contribution in [0.15, 0.2) is 18.7 Å². The number of nitrogens with zero attached hydrogens (tertiary/aromatic N) is 2. The molecule has 0 spiro atoms. The Balaban J connectivity index is 0.00000144. The number of imidazole rings is 1. The molecule has 0 aromatic carbocycles. The summed E-state index contributed by atoms with van der Waals surface area (Å²) in [6.45, 7) is 1.91. The molecule has 0 unspecified atom stereocenters. The third-order valence-corrected chi connectivity index (χ3v) is 1.93. The normalized spacial score (nSPS) is 9.62. The van der Waals surface area contributed by atoms with Crippen molar-refractivity contribution >= 4 is 12.4 Å². The van der Waals surface area contributed by atoms with E-state index in [-0.39, 0.29) is 12.4 Å². The van der Waals surface area contributed by atoms with Crippen molar-refractivity contribution < 1.29 is 0 Å². The molecular weight excluding hydrogens is 186 g/mol. The lowest BCUT2D eigenvalue weighted by atomic mass is 10.2. The summed E-state index contributed by atoms with van der Waals surface area (Å²) in [5, 5.41) is 0. The lowest BCUT2D eigenvalue weighted by molar-refractivity contribution is 0.574. The Morgan fingerprint density at radius 1 is 1.15 bits per heavy atom. The molecule has 1 aromatic heterocycles. The maximum atomic E-state index is 5.39. The first-order chi connectivity index (χ1) is 5.93. The molecule has 0 saturated carbocycles. The van der Waals surface area contributed by atoms with Crippen molar-refractivity contribution in [3.63, 3.8) is 0 Å². The van der Waals surface area contributed by atoms with E-state index in [4.69, 9.17) is 5.73 Å². The third-order valence-electron chi connectivity index (χ3n) is 1.93. The van der Waals surface area contributed by atoms with Crippen molar-refractivity contribution in [1.29, 1.82) is 0 Å². The molecule has 3 nitrogen and oxygen atoms in total. The van der Waals surface area contributed by atoms with Gasteiger partial charge in [-0.25, -0.2) is 4.98 Å². The van der Waals surface area contributed by atoms with Crippen LogP contribution in [0.2, 0.25) is 0 Å². The Morgan fingerprint density at radius 3 is 2.54 bits per heavy atom. The maximum Gasteiger partial charge on any atom is 0.0945 e. The van der Waals surface area contributed by atoms with Crippen LogP contribution in [0.4, 0.5) is 0 Å². The number of rotatable bonds is 6. The summed E-state index contributed by atoms with van der Waals surface area (Å²) in [7, 11) is 0. The Labute approximate surface area is 85.8 Å². The van der Waals surface area contributed by atoms with E-state index in [0.717, 1.165) is 19.5 Å². The molecule has 13 heavy (non-hydrogen) atoms. The summed E-state index contributed by atoms with van der Waals surface area (Å²) >= 11 is 0. The topological polar surface area (TPSA) is 43.8 Å². The monoisotopic (exact) mass is 203 g/mol. The van der Waals surface area contributed by atoms with Crippen molar-refractivity contribution in [2.24, 2.45) is 5.73 Å². The molecule has 1 heterocycles. The zero-order valence-electron chi connectivity index (χ0n) is 7.85. The van der Waals surface area contributed by atoms with E-state index in [9.17, 15) is 0 Å². The van der Waals surface area contributed by atoms with Crippen LogP contribution in [0.3, 0.4) is 0 Å². The minimum atomic E-state index is 0. The summed E-state index contributed by atoms with van der Waals surface area (Å²) in [4.78, 5) is 3.98. The number of aryl methyl sites for hydroxylation is 1. The molecule has 0 bridgehead atoms. The first kappa shape index (κ1) is 12.5. The van der Waals surface area contributed by atoms with Crippen LogP contribution in [-0.4, -0.2) is 16.1 Å². The van der Waals surface area contributed by atoms with Crippen molar-refractivity contribution in [2.75, 3.05) is 6.54 Å². The fourth-order valence-corrected chi connectivity index (χ4v) is 1.21. The summed E-state index contributed by atoms with van der Waals surface area (Å²) in [5.74, 6) is 0. The van der Waals surface area contributed by atoms with Crippen molar-refractivity contribution in [3.8, 4) is 0 Å². The summed E-state index contributed by atoms with van der Waals surface area (Å²) < 4.78 is 2.11. The van der Waals surface area contributed by atoms with Gasteiger partial charge in [-0.3, -0.25) is 0 Å². The molecule has 0 aliphatic carbocycles. The molecule has 0 radical (unpaired) electrons. The first-order valence-corrected chi connectivity index (χ1v) is 4.59. The first-order valence-electron chi connectivity index (χ1n) is 4.59. The molecular formula is C9H18ClN3. The third kappa shape index (κ3) is 5.66. The van der Waals surface area contributed by atoms with E-state index in [0.29, 0.717) is 0 Å². The number of unbranched alkanes of at least 4 members (excludes halogenated alkanes) is 3. The smallest absolute Gasteiger partial charge is 0.0945 e. The molecule has 76 valence electrons. The lowest BCUT2D eigenvalue weighted by Crippen LogP contribution is -1.99. The van der Waals surface area contributed by atoms with E-state index < -0.39 is 0 Å². The number of nitrogens with two attached hydrogens (primary N) is 1. The minimum absolute atomic E-state index is 0. The predicted molar refractivity (Wildman–Crippen MR) is 57.0 cm³/mol. The van der Waals surface area contributed by atoms with Gasteiger partial charge in [0.2, 0.25) is 0 Å². The molecule has 0 saturated heterocycles. The molecule has 4 heteroatoms. The number of halogens is 1. The number of aromatic nitrogens is 2. The van der Waals surface area contributed by atoms with E-state index in [1.54, 1.807) is 0 Å². The fraction of sp³-hybridized carbons (Fsp3) is 0.667. The van der Waals surface area contributed by atoms with Gasteiger partial charge < -0.3 is 10.3 Å². The van der Waals surface area contributed by atoms with Crippen LogP contribution in [0.25, 0.3) is 0 Å². The quantitative estimate of drug-likeness (QED) is 0.717. The van der Waals surface area contributed by atoms with Crippen molar-refractivity contribution in [3.05, 3.63) is 18.7 Å². The van der Waals surface area contributed by atoms with Crippen molar-refractivity contribution in [2.45, 2.75) is 32.2 Å². The second kappa shape index (κ2) is 8.08. The number of hydrogen-bond donors (Lipinski definition) is 1. The summed E-state index contributed by atoms with van der Waals surface area (Å²) in [5.41, 5.74) is 5.39. The zero-order valence-corrected chi connectivity index (χ0v) is 8.67. The number of hydrogen-bond acceptors (Lipinski definition) is 2. The van der Waals surface area contributed by atoms with Crippen LogP contribution in [0, 0.1) is 0 Å². The van der Waals surface area contributed by atoms with E-state index in [2.05, 4.69) is 9.55 Å². The Morgan fingerprint density at radius 2 is 1.92 bits per heavy atom. The lowest BCUT2D eigenvalue weighted by Gasteiger charge is -2.00. The maximum absolute atomic E-state index is 5.39. The SMILES string of the molecule is Cl.NCCCCCCn1ccnc1. The molecule has 2 N–H and O–H groups in total. The van der Waals surface area contributed by atoms with E-state index >= 15 is 0 Å². The van der Waals surface area contributed by atoms with Crippen LogP contribution < -0.4 is 5.73 Å². The fourth-order valence-electron chi connectivity index (χ4n) is 1.21. The van der Waals surface area contributed by atoms with Crippen LogP contribution in [-0.2, 0) is 6.54 Å². The van der Waals surface area contributed by atoms with Gasteiger partial charge in [-0.15, -0.1) is 12.4 Å². The average molecular weight is 204 g/mol. The Kier molecular flexibility index (Phi) is 7.74. The van der Waals surface area contributed by atoms with Gasteiger partial charge >= 0.3 is 0 Å². The van der Waals surface area contributed by atoms with Crippen LogP contribution >= 0.6 is 12.4 Å². The second-order valence-corrected chi connectivity index (χ2v) is 3.00. The largest absolute Gasteiger partial charge is 0.337 e. The molecule has 1 aromatic rings. The molecule has 0 atom stereocenters. The molecule has 0 aliphatic rings. The Bertz CT molecular complexity index is 187.